The number of aromatic nitrogens is 2. The number of anilines is 2. The second-order valence-corrected chi connectivity index (χ2v) is 8.89. The third-order valence-corrected chi connectivity index (χ3v) is 6.58. The zero-order valence-corrected chi connectivity index (χ0v) is 19.4. The predicted octanol–water partition coefficient (Wildman–Crippen LogP) is 7.64. The summed E-state index contributed by atoms with van der Waals surface area (Å²) in [5.74, 6) is 0.861. The molecule has 4 nitrogen and oxygen atoms in total. The topological polar surface area (TPSA) is 63.8 Å². The van der Waals surface area contributed by atoms with Crippen molar-refractivity contribution in [3.8, 4) is 11.4 Å². The highest BCUT2D eigenvalue weighted by atomic mass is 19.4. The summed E-state index contributed by atoms with van der Waals surface area (Å²) < 4.78 is 41.3. The lowest BCUT2D eigenvalue weighted by Gasteiger charge is -2.29. The number of benzene rings is 3. The van der Waals surface area contributed by atoms with Gasteiger partial charge in [-0.05, 0) is 67.2 Å². The van der Waals surface area contributed by atoms with Gasteiger partial charge in [-0.1, -0.05) is 43.3 Å². The summed E-state index contributed by atoms with van der Waals surface area (Å²) >= 11 is 0. The SMILES string of the molecule is CCC1CC(C)=C(Nc2nc(-c3ccccc3C(F)(F)F)nc3ccccc23)c2cc(N)ccc21. The third-order valence-electron chi connectivity index (χ3n) is 6.58. The van der Waals surface area contributed by atoms with Gasteiger partial charge in [0.1, 0.15) is 5.82 Å². The summed E-state index contributed by atoms with van der Waals surface area (Å²) in [5, 5.41) is 4.19. The Morgan fingerprint density at radius 1 is 0.971 bits per heavy atom. The first-order valence-corrected chi connectivity index (χ1v) is 11.6. The molecule has 0 amide bonds. The molecule has 1 heterocycles. The van der Waals surface area contributed by atoms with E-state index >= 15 is 0 Å². The molecule has 0 bridgehead atoms. The van der Waals surface area contributed by atoms with Gasteiger partial charge in [0, 0.05) is 27.9 Å². The van der Waals surface area contributed by atoms with Crippen molar-refractivity contribution in [1.82, 2.24) is 9.97 Å². The number of hydrogen-bond donors (Lipinski definition) is 2. The second-order valence-electron chi connectivity index (χ2n) is 8.89. The highest BCUT2D eigenvalue weighted by Gasteiger charge is 2.34. The van der Waals surface area contributed by atoms with Crippen molar-refractivity contribution < 1.29 is 13.2 Å². The quantitative estimate of drug-likeness (QED) is 0.298. The van der Waals surface area contributed by atoms with E-state index < -0.39 is 11.7 Å². The number of rotatable bonds is 4. The first-order valence-electron chi connectivity index (χ1n) is 11.6. The smallest absolute Gasteiger partial charge is 0.399 e. The number of fused-ring (bicyclic) bond motifs is 2. The van der Waals surface area contributed by atoms with Gasteiger partial charge in [-0.15, -0.1) is 0 Å². The summed E-state index contributed by atoms with van der Waals surface area (Å²) in [4.78, 5) is 9.11. The van der Waals surface area contributed by atoms with Crippen LogP contribution in [0.2, 0.25) is 0 Å². The Labute approximate surface area is 201 Å². The molecule has 0 saturated heterocycles. The monoisotopic (exact) mass is 474 g/mol. The first-order chi connectivity index (χ1) is 16.8. The molecule has 1 aliphatic rings. The average Bonchev–Trinajstić information content (AvgIpc) is 2.84. The van der Waals surface area contributed by atoms with Crippen molar-refractivity contribution in [3.63, 3.8) is 0 Å². The molecule has 4 aromatic rings. The zero-order valence-electron chi connectivity index (χ0n) is 19.4. The van der Waals surface area contributed by atoms with E-state index in [4.69, 9.17) is 5.73 Å². The third kappa shape index (κ3) is 4.22. The second kappa shape index (κ2) is 8.73. The molecule has 0 fully saturated rings. The summed E-state index contributed by atoms with van der Waals surface area (Å²) in [6.07, 6.45) is -2.65. The number of halogens is 3. The van der Waals surface area contributed by atoms with Gasteiger partial charge in [-0.25, -0.2) is 9.97 Å². The van der Waals surface area contributed by atoms with Crippen molar-refractivity contribution in [3.05, 3.63) is 89.0 Å². The first kappa shape index (κ1) is 22.9. The van der Waals surface area contributed by atoms with Gasteiger partial charge in [-0.3, -0.25) is 0 Å². The van der Waals surface area contributed by atoms with Crippen LogP contribution in [0.5, 0.6) is 0 Å². The van der Waals surface area contributed by atoms with E-state index in [1.807, 2.05) is 30.3 Å². The average molecular weight is 475 g/mol. The van der Waals surface area contributed by atoms with Crippen LogP contribution in [0.25, 0.3) is 28.0 Å². The van der Waals surface area contributed by atoms with Gasteiger partial charge >= 0.3 is 6.18 Å². The van der Waals surface area contributed by atoms with Crippen LogP contribution in [-0.4, -0.2) is 9.97 Å². The van der Waals surface area contributed by atoms with E-state index in [0.29, 0.717) is 22.9 Å². The van der Waals surface area contributed by atoms with Crippen molar-refractivity contribution in [2.75, 3.05) is 11.1 Å². The molecule has 1 atom stereocenters. The maximum Gasteiger partial charge on any atom is 0.417 e. The number of allylic oxidation sites excluding steroid dienone is 1. The fourth-order valence-corrected chi connectivity index (χ4v) is 4.83. The highest BCUT2D eigenvalue weighted by Crippen LogP contribution is 2.42. The molecule has 1 aliphatic carbocycles. The lowest BCUT2D eigenvalue weighted by molar-refractivity contribution is -0.137. The number of nitrogens with zero attached hydrogens (tertiary/aromatic N) is 2. The van der Waals surface area contributed by atoms with Gasteiger partial charge in [0.25, 0.3) is 0 Å². The van der Waals surface area contributed by atoms with Gasteiger partial charge in [0.15, 0.2) is 5.82 Å². The van der Waals surface area contributed by atoms with Crippen LogP contribution in [-0.2, 0) is 6.18 Å². The Kier molecular flexibility index (Phi) is 5.71. The molecule has 1 unspecified atom stereocenters. The maximum atomic E-state index is 13.8. The van der Waals surface area contributed by atoms with E-state index in [1.54, 1.807) is 12.1 Å². The van der Waals surface area contributed by atoms with Crippen molar-refractivity contribution in [2.24, 2.45) is 0 Å². The van der Waals surface area contributed by atoms with Crippen LogP contribution in [0.1, 0.15) is 49.3 Å². The van der Waals surface area contributed by atoms with Crippen molar-refractivity contribution >= 4 is 28.1 Å². The van der Waals surface area contributed by atoms with Crippen LogP contribution >= 0.6 is 0 Å². The number of para-hydroxylation sites is 1. The van der Waals surface area contributed by atoms with Crippen LogP contribution < -0.4 is 11.1 Å². The number of hydrogen-bond acceptors (Lipinski definition) is 4. The minimum Gasteiger partial charge on any atom is -0.399 e. The normalized spacial score (nSPS) is 15.9. The Bertz CT molecular complexity index is 1460. The number of nitrogen functional groups attached to an aromatic ring is 1. The molecule has 3 aromatic carbocycles. The van der Waals surface area contributed by atoms with Gasteiger partial charge in [0.2, 0.25) is 0 Å². The fourth-order valence-electron chi connectivity index (χ4n) is 4.83. The van der Waals surface area contributed by atoms with Crippen LogP contribution in [0, 0.1) is 0 Å². The molecule has 35 heavy (non-hydrogen) atoms. The van der Waals surface area contributed by atoms with E-state index in [2.05, 4.69) is 35.2 Å². The molecular formula is C28H25F3N4. The van der Waals surface area contributed by atoms with Crippen LogP contribution in [0.4, 0.5) is 24.7 Å². The lowest BCUT2D eigenvalue weighted by atomic mass is 9.80. The molecule has 3 N–H and O–H groups in total. The number of alkyl halides is 3. The molecule has 0 saturated carbocycles. The predicted molar refractivity (Wildman–Crippen MR) is 135 cm³/mol. The maximum absolute atomic E-state index is 13.8. The minimum absolute atomic E-state index is 0.0208. The van der Waals surface area contributed by atoms with E-state index in [0.717, 1.165) is 41.1 Å². The molecule has 0 spiro atoms. The molecule has 178 valence electrons. The van der Waals surface area contributed by atoms with Crippen LogP contribution in [0.15, 0.2) is 72.3 Å². The molecular weight excluding hydrogens is 449 g/mol. The molecule has 0 radical (unpaired) electrons. The molecule has 0 aliphatic heterocycles. The lowest BCUT2D eigenvalue weighted by Crippen LogP contribution is -2.15. The number of nitrogens with two attached hydrogens (primary N) is 1. The van der Waals surface area contributed by atoms with E-state index in [-0.39, 0.29) is 11.4 Å². The molecule has 7 heteroatoms. The summed E-state index contributed by atoms with van der Waals surface area (Å²) in [7, 11) is 0. The van der Waals surface area contributed by atoms with Crippen molar-refractivity contribution in [1.29, 1.82) is 0 Å². The highest BCUT2D eigenvalue weighted by molar-refractivity contribution is 5.95. The summed E-state index contributed by atoms with van der Waals surface area (Å²) in [6.45, 7) is 4.24. The Morgan fingerprint density at radius 3 is 2.49 bits per heavy atom. The van der Waals surface area contributed by atoms with Crippen LogP contribution in [0.3, 0.4) is 0 Å². The minimum atomic E-state index is -4.52. The zero-order chi connectivity index (χ0) is 24.7. The van der Waals surface area contributed by atoms with Gasteiger partial charge < -0.3 is 11.1 Å². The standard InChI is InChI=1S/C28H25F3N4/c1-3-17-14-16(2)25(22-15-18(32)12-13-19(17)22)34-27-21-9-5-7-11-24(21)33-26(35-27)20-8-4-6-10-23(20)28(29,30)31/h4-13,15,17H,3,14,32H2,1-2H3,(H,33,34,35). The Hall–Kier alpha value is -3.87. The summed E-state index contributed by atoms with van der Waals surface area (Å²) in [5.41, 5.74) is 10.8. The number of nitrogens with one attached hydrogen (secondary N) is 1. The van der Waals surface area contributed by atoms with Gasteiger partial charge in [-0.2, -0.15) is 13.2 Å². The van der Waals surface area contributed by atoms with Crippen molar-refractivity contribution in [2.45, 2.75) is 38.8 Å². The Balaban J connectivity index is 1.69. The van der Waals surface area contributed by atoms with E-state index in [1.165, 1.54) is 17.7 Å². The van der Waals surface area contributed by atoms with Gasteiger partial charge in [0.05, 0.1) is 11.1 Å². The Morgan fingerprint density at radius 2 is 1.71 bits per heavy atom. The molecule has 5 rings (SSSR count). The largest absolute Gasteiger partial charge is 0.417 e. The summed E-state index contributed by atoms with van der Waals surface area (Å²) in [6, 6.07) is 18.6. The van der Waals surface area contributed by atoms with E-state index in [9.17, 15) is 13.2 Å². The molecule has 1 aromatic heterocycles. The fraction of sp³-hybridized carbons (Fsp3) is 0.214.